The summed E-state index contributed by atoms with van der Waals surface area (Å²) in [5.41, 5.74) is 12.0. The van der Waals surface area contributed by atoms with Crippen LogP contribution in [0.25, 0.3) is 0 Å². The van der Waals surface area contributed by atoms with Gasteiger partial charge in [0.1, 0.15) is 0 Å². The molecule has 0 amide bonds. The third kappa shape index (κ3) is 3.29. The van der Waals surface area contributed by atoms with Crippen LogP contribution in [-0.2, 0) is 16.0 Å². The summed E-state index contributed by atoms with van der Waals surface area (Å²) in [6.45, 7) is 5.79. The van der Waals surface area contributed by atoms with Crippen molar-refractivity contribution in [2.45, 2.75) is 13.3 Å². The predicted molar refractivity (Wildman–Crippen MR) is 92.2 cm³/mol. The number of nitrogens with one attached hydrogen (secondary N) is 2. The molecule has 3 rings (SSSR count). The monoisotopic (exact) mass is 309 g/mol. The highest BCUT2D eigenvalue weighted by Gasteiger charge is 2.17. The lowest BCUT2D eigenvalue weighted by molar-refractivity contribution is -0.137. The van der Waals surface area contributed by atoms with E-state index in [1.807, 2.05) is 35.4 Å². The number of hydrazine groups is 2. The van der Waals surface area contributed by atoms with Crippen molar-refractivity contribution in [1.29, 1.82) is 0 Å². The lowest BCUT2D eigenvalue weighted by atomic mass is 10.1. The van der Waals surface area contributed by atoms with Crippen molar-refractivity contribution in [3.05, 3.63) is 66.2 Å². The van der Waals surface area contributed by atoms with E-state index in [-0.39, 0.29) is 5.97 Å². The highest BCUT2D eigenvalue weighted by atomic mass is 16.5. The average Bonchev–Trinajstić information content (AvgIpc) is 3.00. The first-order chi connectivity index (χ1) is 11.2. The summed E-state index contributed by atoms with van der Waals surface area (Å²) in [6.07, 6.45) is 1.87. The van der Waals surface area contributed by atoms with E-state index in [1.54, 1.807) is 0 Å². The highest BCUT2D eigenvalue weighted by molar-refractivity contribution is 5.81. The van der Waals surface area contributed by atoms with Gasteiger partial charge < -0.3 is 4.74 Å². The van der Waals surface area contributed by atoms with Crippen molar-refractivity contribution in [3.63, 3.8) is 0 Å². The Bertz CT molecular complexity index is 718. The average molecular weight is 309 g/mol. The summed E-state index contributed by atoms with van der Waals surface area (Å²) in [6, 6.07) is 14.2. The highest BCUT2D eigenvalue weighted by Crippen LogP contribution is 2.31. The Kier molecular flexibility index (Phi) is 4.19. The zero-order valence-electron chi connectivity index (χ0n) is 13.0. The third-order valence-electron chi connectivity index (χ3n) is 3.76. The van der Waals surface area contributed by atoms with Gasteiger partial charge in [-0.1, -0.05) is 24.8 Å². The van der Waals surface area contributed by atoms with Gasteiger partial charge >= 0.3 is 5.97 Å². The number of benzene rings is 2. The predicted octanol–water partition coefficient (Wildman–Crippen LogP) is 3.44. The molecule has 0 saturated heterocycles. The fourth-order valence-corrected chi connectivity index (χ4v) is 2.50. The van der Waals surface area contributed by atoms with Gasteiger partial charge in [-0.15, -0.1) is 0 Å². The number of carbonyl (C=O) groups excluding carboxylic acids is 1. The molecule has 23 heavy (non-hydrogen) atoms. The van der Waals surface area contributed by atoms with Crippen molar-refractivity contribution >= 4 is 23.0 Å². The van der Waals surface area contributed by atoms with Gasteiger partial charge in [0.25, 0.3) is 0 Å². The van der Waals surface area contributed by atoms with E-state index >= 15 is 0 Å². The molecule has 0 atom stereocenters. The van der Waals surface area contributed by atoms with Gasteiger partial charge in [-0.05, 0) is 42.3 Å². The summed E-state index contributed by atoms with van der Waals surface area (Å²) in [4.78, 5) is 11.1. The Morgan fingerprint density at radius 1 is 1.22 bits per heavy atom. The zero-order chi connectivity index (χ0) is 16.2. The Balaban J connectivity index is 1.66. The number of fused-ring (bicyclic) bond motifs is 1. The van der Waals surface area contributed by atoms with E-state index in [2.05, 4.69) is 36.5 Å². The van der Waals surface area contributed by atoms with E-state index in [0.29, 0.717) is 13.0 Å². The maximum absolute atomic E-state index is 11.1. The molecular weight excluding hydrogens is 290 g/mol. The van der Waals surface area contributed by atoms with Crippen molar-refractivity contribution < 1.29 is 9.53 Å². The largest absolute Gasteiger partial charge is 0.462 e. The second-order valence-electron chi connectivity index (χ2n) is 5.34. The van der Waals surface area contributed by atoms with Gasteiger partial charge in [-0.3, -0.25) is 10.9 Å². The van der Waals surface area contributed by atoms with Gasteiger partial charge in [0.05, 0.1) is 23.7 Å². The van der Waals surface area contributed by atoms with Crippen LogP contribution in [0.2, 0.25) is 0 Å². The minimum absolute atomic E-state index is 0.358. The van der Waals surface area contributed by atoms with E-state index in [0.717, 1.165) is 28.2 Å². The lowest BCUT2D eigenvalue weighted by Gasteiger charge is -2.20. The molecule has 0 spiro atoms. The molecule has 118 valence electrons. The van der Waals surface area contributed by atoms with Gasteiger partial charge in [0.15, 0.2) is 0 Å². The van der Waals surface area contributed by atoms with Gasteiger partial charge in [0.2, 0.25) is 0 Å². The zero-order valence-corrected chi connectivity index (χ0v) is 13.0. The molecule has 2 N–H and O–H groups in total. The van der Waals surface area contributed by atoms with Gasteiger partial charge in [-0.25, -0.2) is 4.79 Å². The number of carbonyl (C=O) groups is 1. The lowest BCUT2D eigenvalue weighted by Crippen LogP contribution is -2.29. The first-order valence-electron chi connectivity index (χ1n) is 7.48. The summed E-state index contributed by atoms with van der Waals surface area (Å²) in [5.74, 6) is -0.387. The minimum Gasteiger partial charge on any atom is -0.462 e. The second-order valence-corrected chi connectivity index (χ2v) is 5.34. The Morgan fingerprint density at radius 2 is 1.91 bits per heavy atom. The van der Waals surface area contributed by atoms with Crippen molar-refractivity contribution in [1.82, 2.24) is 0 Å². The normalized spacial score (nSPS) is 12.1. The maximum atomic E-state index is 11.1. The molecule has 0 aromatic heterocycles. The molecule has 1 aliphatic rings. The molecule has 0 fully saturated rings. The Hall–Kier alpha value is -2.95. The second kappa shape index (κ2) is 6.44. The van der Waals surface area contributed by atoms with Crippen LogP contribution in [0.5, 0.6) is 0 Å². The smallest absolute Gasteiger partial charge is 0.330 e. The van der Waals surface area contributed by atoms with E-state index in [9.17, 15) is 4.79 Å². The topological polar surface area (TPSA) is 53.6 Å². The summed E-state index contributed by atoms with van der Waals surface area (Å²) < 4.78 is 5.03. The molecule has 1 heterocycles. The van der Waals surface area contributed by atoms with Crippen LogP contribution in [0.15, 0.2) is 55.1 Å². The quantitative estimate of drug-likeness (QED) is 0.654. The number of para-hydroxylation sites is 2. The van der Waals surface area contributed by atoms with Gasteiger partial charge in [0, 0.05) is 12.5 Å². The first kappa shape index (κ1) is 15.0. The maximum Gasteiger partial charge on any atom is 0.330 e. The number of nitrogens with zero attached hydrogens (tertiary/aromatic N) is 1. The van der Waals surface area contributed by atoms with Crippen LogP contribution in [0.3, 0.4) is 0 Å². The van der Waals surface area contributed by atoms with Crippen LogP contribution < -0.4 is 16.0 Å². The fourth-order valence-electron chi connectivity index (χ4n) is 2.50. The molecule has 0 saturated carbocycles. The number of hydrogen-bond acceptors (Lipinski definition) is 5. The molecule has 5 heteroatoms. The van der Waals surface area contributed by atoms with Crippen LogP contribution in [-0.4, -0.2) is 12.6 Å². The number of ether oxygens (including phenoxy) is 1. The Morgan fingerprint density at radius 3 is 2.52 bits per heavy atom. The van der Waals surface area contributed by atoms with Crippen LogP contribution in [0.4, 0.5) is 17.1 Å². The number of anilines is 3. The molecular formula is C18H19N3O2. The Labute approximate surface area is 135 Å². The number of rotatable bonds is 5. The molecule has 0 radical (unpaired) electrons. The van der Waals surface area contributed by atoms with E-state index in [1.165, 1.54) is 6.08 Å². The summed E-state index contributed by atoms with van der Waals surface area (Å²) in [7, 11) is 0. The van der Waals surface area contributed by atoms with Crippen LogP contribution in [0, 0.1) is 6.92 Å². The van der Waals surface area contributed by atoms with Gasteiger partial charge in [-0.2, -0.15) is 5.12 Å². The molecule has 1 aliphatic heterocycles. The minimum atomic E-state index is -0.387. The van der Waals surface area contributed by atoms with Crippen LogP contribution >= 0.6 is 0 Å². The SMILES string of the molecule is C=CC(=O)OCCc1ccc(N2Nc3ccccc3N2)cc1C. The molecule has 0 unspecified atom stereocenters. The standard InChI is InChI=1S/C18H19N3O2/c1-3-18(22)23-11-10-14-8-9-15(12-13(14)2)21-19-16-6-4-5-7-17(16)20-21/h3-9,12,19-20H,1,10-11H2,2H3. The molecule has 5 nitrogen and oxygen atoms in total. The molecule has 2 aromatic rings. The molecule has 0 aliphatic carbocycles. The molecule has 2 aromatic carbocycles. The van der Waals surface area contributed by atoms with Crippen molar-refractivity contribution in [2.24, 2.45) is 0 Å². The fraction of sp³-hybridized carbons (Fsp3) is 0.167. The van der Waals surface area contributed by atoms with E-state index < -0.39 is 0 Å². The molecule has 0 bridgehead atoms. The van der Waals surface area contributed by atoms with Crippen molar-refractivity contribution in [2.75, 3.05) is 22.6 Å². The first-order valence-corrected chi connectivity index (χ1v) is 7.48. The van der Waals surface area contributed by atoms with Crippen molar-refractivity contribution in [3.8, 4) is 0 Å². The summed E-state index contributed by atoms with van der Waals surface area (Å²) >= 11 is 0. The van der Waals surface area contributed by atoms with Crippen LogP contribution in [0.1, 0.15) is 11.1 Å². The number of esters is 1. The number of hydrogen-bond donors (Lipinski definition) is 2. The third-order valence-corrected chi connectivity index (χ3v) is 3.76. The summed E-state index contributed by atoms with van der Waals surface area (Å²) in [5, 5.41) is 1.89. The van der Waals surface area contributed by atoms with E-state index in [4.69, 9.17) is 4.74 Å². The number of aryl methyl sites for hydroxylation is 1.